The van der Waals surface area contributed by atoms with Crippen molar-refractivity contribution in [2.24, 2.45) is 5.92 Å². The number of piperidine rings is 1. The summed E-state index contributed by atoms with van der Waals surface area (Å²) in [6, 6.07) is 2.35. The summed E-state index contributed by atoms with van der Waals surface area (Å²) in [7, 11) is 0. The molecule has 2 fully saturated rings. The Kier molecular flexibility index (Phi) is 4.82. The van der Waals surface area contributed by atoms with Gasteiger partial charge in [-0.15, -0.1) is 0 Å². The second kappa shape index (κ2) is 6.89. The van der Waals surface area contributed by atoms with Gasteiger partial charge < -0.3 is 15.1 Å². The molecule has 2 aliphatic rings. The van der Waals surface area contributed by atoms with Crippen molar-refractivity contribution >= 4 is 17.6 Å². The summed E-state index contributed by atoms with van der Waals surface area (Å²) in [5, 5.41) is 2.71. The van der Waals surface area contributed by atoms with Gasteiger partial charge in [0.25, 0.3) is 0 Å². The van der Waals surface area contributed by atoms with Crippen molar-refractivity contribution < 1.29 is 22.8 Å². The molecule has 2 aliphatic heterocycles. The molecule has 0 spiro atoms. The maximum atomic E-state index is 12.6. The molecular formula is C16H19F3N4O2. The second-order valence-corrected chi connectivity index (χ2v) is 6.20. The Hall–Kier alpha value is -2.32. The predicted molar refractivity (Wildman–Crippen MR) is 83.8 cm³/mol. The van der Waals surface area contributed by atoms with Gasteiger partial charge in [-0.1, -0.05) is 0 Å². The lowest BCUT2D eigenvalue weighted by Crippen LogP contribution is -2.53. The van der Waals surface area contributed by atoms with Crippen molar-refractivity contribution in [1.82, 2.24) is 15.2 Å². The van der Waals surface area contributed by atoms with Crippen LogP contribution >= 0.6 is 0 Å². The van der Waals surface area contributed by atoms with Crippen LogP contribution in [0.15, 0.2) is 18.3 Å². The Bertz CT molecular complexity index is 640. The van der Waals surface area contributed by atoms with Gasteiger partial charge in [0.1, 0.15) is 11.7 Å². The molecule has 1 aromatic rings. The average Bonchev–Trinajstić information content (AvgIpc) is 2.61. The summed E-state index contributed by atoms with van der Waals surface area (Å²) >= 11 is 0. The zero-order valence-corrected chi connectivity index (χ0v) is 13.6. The number of hydrogen-bond acceptors (Lipinski definition) is 4. The Morgan fingerprint density at radius 1 is 1.20 bits per heavy atom. The van der Waals surface area contributed by atoms with E-state index < -0.39 is 17.7 Å². The molecule has 0 aromatic carbocycles. The number of piperazine rings is 1. The summed E-state index contributed by atoms with van der Waals surface area (Å²) in [4.78, 5) is 31.6. The highest BCUT2D eigenvalue weighted by molar-refractivity contribution is 6.00. The average molecular weight is 356 g/mol. The Morgan fingerprint density at radius 3 is 2.48 bits per heavy atom. The first-order valence-corrected chi connectivity index (χ1v) is 8.21. The molecule has 3 heterocycles. The number of nitrogens with one attached hydrogen (secondary N) is 1. The zero-order valence-electron chi connectivity index (χ0n) is 13.6. The van der Waals surface area contributed by atoms with E-state index in [1.807, 2.05) is 4.90 Å². The fourth-order valence-corrected chi connectivity index (χ4v) is 3.12. The number of pyridine rings is 1. The van der Waals surface area contributed by atoms with Gasteiger partial charge in [0.2, 0.25) is 11.8 Å². The van der Waals surface area contributed by atoms with Crippen LogP contribution in [0.2, 0.25) is 0 Å². The van der Waals surface area contributed by atoms with Crippen molar-refractivity contribution in [1.29, 1.82) is 0 Å². The van der Waals surface area contributed by atoms with Crippen molar-refractivity contribution in [3.05, 3.63) is 23.9 Å². The minimum Gasteiger partial charge on any atom is -0.355 e. The molecule has 0 bridgehead atoms. The van der Waals surface area contributed by atoms with E-state index in [1.54, 1.807) is 4.90 Å². The van der Waals surface area contributed by atoms with E-state index in [-0.39, 0.29) is 11.8 Å². The lowest BCUT2D eigenvalue weighted by molar-refractivity contribution is -0.144. The second-order valence-electron chi connectivity index (χ2n) is 6.20. The summed E-state index contributed by atoms with van der Waals surface area (Å²) in [6.45, 7) is 2.39. The minimum atomic E-state index is -4.41. The maximum Gasteiger partial charge on any atom is 0.417 e. The normalized spacial score (nSPS) is 21.9. The standard InChI is InChI=1S/C16H19F3N4O2/c17-16(18,19)11-3-4-13(21-10-11)22-6-8-23(9-7-22)15(25)12-2-1-5-20-14(12)24/h3-4,10,12H,1-2,5-9H2,(H,20,24). The van der Waals surface area contributed by atoms with Gasteiger partial charge in [-0.2, -0.15) is 13.2 Å². The SMILES string of the molecule is O=C1NCCCC1C(=O)N1CCN(c2ccc(C(F)(F)F)cn2)CC1. The van der Waals surface area contributed by atoms with E-state index >= 15 is 0 Å². The van der Waals surface area contributed by atoms with Gasteiger partial charge in [0.05, 0.1) is 5.56 Å². The monoisotopic (exact) mass is 356 g/mol. The number of carbonyl (C=O) groups is 2. The van der Waals surface area contributed by atoms with Crippen LogP contribution in [0.4, 0.5) is 19.0 Å². The number of aromatic nitrogens is 1. The smallest absolute Gasteiger partial charge is 0.355 e. The van der Waals surface area contributed by atoms with Crippen molar-refractivity contribution in [3.63, 3.8) is 0 Å². The number of hydrogen-bond donors (Lipinski definition) is 1. The van der Waals surface area contributed by atoms with Crippen LogP contribution in [0.3, 0.4) is 0 Å². The molecule has 136 valence electrons. The predicted octanol–water partition coefficient (Wildman–Crippen LogP) is 1.28. The van der Waals surface area contributed by atoms with E-state index in [4.69, 9.17) is 0 Å². The third-order valence-electron chi connectivity index (χ3n) is 4.57. The van der Waals surface area contributed by atoms with E-state index in [1.165, 1.54) is 6.07 Å². The van der Waals surface area contributed by atoms with Crippen molar-refractivity contribution in [2.75, 3.05) is 37.6 Å². The van der Waals surface area contributed by atoms with Gasteiger partial charge in [0.15, 0.2) is 0 Å². The van der Waals surface area contributed by atoms with Gasteiger partial charge in [-0.3, -0.25) is 9.59 Å². The third-order valence-corrected chi connectivity index (χ3v) is 4.57. The number of nitrogens with zero attached hydrogens (tertiary/aromatic N) is 3. The van der Waals surface area contributed by atoms with Gasteiger partial charge in [-0.05, 0) is 25.0 Å². The highest BCUT2D eigenvalue weighted by Crippen LogP contribution is 2.29. The third kappa shape index (κ3) is 3.85. The molecule has 2 saturated heterocycles. The molecule has 9 heteroatoms. The van der Waals surface area contributed by atoms with Crippen molar-refractivity contribution in [3.8, 4) is 0 Å². The van der Waals surface area contributed by atoms with E-state index in [0.717, 1.165) is 18.7 Å². The number of rotatable bonds is 2. The molecule has 25 heavy (non-hydrogen) atoms. The highest BCUT2D eigenvalue weighted by Gasteiger charge is 2.34. The molecular weight excluding hydrogens is 337 g/mol. The first-order chi connectivity index (χ1) is 11.9. The van der Waals surface area contributed by atoms with E-state index in [2.05, 4.69) is 10.3 Å². The van der Waals surface area contributed by atoms with Crippen LogP contribution in [0.1, 0.15) is 18.4 Å². The van der Waals surface area contributed by atoms with Crippen LogP contribution < -0.4 is 10.2 Å². The fraction of sp³-hybridized carbons (Fsp3) is 0.562. The number of amides is 2. The van der Waals surface area contributed by atoms with Crippen LogP contribution in [0.25, 0.3) is 0 Å². The molecule has 0 saturated carbocycles. The topological polar surface area (TPSA) is 65.5 Å². The fourth-order valence-electron chi connectivity index (χ4n) is 3.12. The Labute approximate surface area is 143 Å². The molecule has 6 nitrogen and oxygen atoms in total. The van der Waals surface area contributed by atoms with Crippen LogP contribution in [0, 0.1) is 5.92 Å². The summed E-state index contributed by atoms with van der Waals surface area (Å²) in [5.74, 6) is -0.555. The zero-order chi connectivity index (χ0) is 18.0. The summed E-state index contributed by atoms with van der Waals surface area (Å²) < 4.78 is 37.7. The summed E-state index contributed by atoms with van der Waals surface area (Å²) in [6.07, 6.45) is -2.24. The minimum absolute atomic E-state index is 0.169. The van der Waals surface area contributed by atoms with Crippen LogP contribution in [-0.4, -0.2) is 54.4 Å². The van der Waals surface area contributed by atoms with Gasteiger partial charge in [-0.25, -0.2) is 4.98 Å². The van der Waals surface area contributed by atoms with E-state index in [0.29, 0.717) is 45.0 Å². The molecule has 0 aliphatic carbocycles. The van der Waals surface area contributed by atoms with Crippen LogP contribution in [-0.2, 0) is 15.8 Å². The maximum absolute atomic E-state index is 12.6. The molecule has 3 rings (SSSR count). The number of alkyl halides is 3. The first-order valence-electron chi connectivity index (χ1n) is 8.21. The molecule has 1 aromatic heterocycles. The quantitative estimate of drug-likeness (QED) is 0.811. The largest absolute Gasteiger partial charge is 0.417 e. The number of carbonyl (C=O) groups excluding carboxylic acids is 2. The van der Waals surface area contributed by atoms with E-state index in [9.17, 15) is 22.8 Å². The lowest BCUT2D eigenvalue weighted by atomic mass is 9.97. The molecule has 0 radical (unpaired) electrons. The van der Waals surface area contributed by atoms with Gasteiger partial charge in [0, 0.05) is 38.9 Å². The highest BCUT2D eigenvalue weighted by atomic mass is 19.4. The number of anilines is 1. The van der Waals surface area contributed by atoms with Gasteiger partial charge >= 0.3 is 6.18 Å². The number of halogens is 3. The lowest BCUT2D eigenvalue weighted by Gasteiger charge is -2.37. The Balaban J connectivity index is 1.58. The molecule has 1 N–H and O–H groups in total. The molecule has 2 amide bonds. The summed E-state index contributed by atoms with van der Waals surface area (Å²) in [5.41, 5.74) is -0.784. The Morgan fingerprint density at radius 2 is 1.92 bits per heavy atom. The van der Waals surface area contributed by atoms with Crippen LogP contribution in [0.5, 0.6) is 0 Å². The molecule has 1 atom stereocenters. The molecule has 1 unspecified atom stereocenters. The first kappa shape index (κ1) is 17.5. The van der Waals surface area contributed by atoms with Crippen molar-refractivity contribution in [2.45, 2.75) is 19.0 Å².